The van der Waals surface area contributed by atoms with E-state index in [1.807, 2.05) is 0 Å². The van der Waals surface area contributed by atoms with Crippen molar-refractivity contribution in [3.8, 4) is 0 Å². The predicted octanol–water partition coefficient (Wildman–Crippen LogP) is 0.731. The first kappa shape index (κ1) is 6.43. The maximum atomic E-state index is 2.45. The summed E-state index contributed by atoms with van der Waals surface area (Å²) in [5, 5.41) is 0. The van der Waals surface area contributed by atoms with Gasteiger partial charge in [-0.05, 0) is 0 Å². The molecule has 0 radical (unpaired) electrons. The number of hydrogen-bond donors (Lipinski definition) is 0. The lowest BCUT2D eigenvalue weighted by Crippen LogP contribution is -2.19. The first-order valence-corrected chi connectivity index (χ1v) is 4.80. The Balaban J connectivity index is 2.39. The molecule has 0 aliphatic carbocycles. The van der Waals surface area contributed by atoms with E-state index in [-0.39, 0.29) is 0 Å². The third kappa shape index (κ3) is 1.17. The molecule has 0 amide bonds. The van der Waals surface area contributed by atoms with Crippen LogP contribution in [0.5, 0.6) is 0 Å². The lowest BCUT2D eigenvalue weighted by atomic mass is 10.2. The van der Waals surface area contributed by atoms with Gasteiger partial charge in [-0.25, -0.2) is 0 Å². The van der Waals surface area contributed by atoms with Gasteiger partial charge in [0.1, 0.15) is 12.0 Å². The fourth-order valence-electron chi connectivity index (χ4n) is 1.16. The Morgan fingerprint density at radius 2 is 2.25 bits per heavy atom. The van der Waals surface area contributed by atoms with Gasteiger partial charge in [-0.3, -0.25) is 0 Å². The molecule has 1 nitrogen and oxygen atoms in total. The maximum absolute atomic E-state index is 2.45. The first-order valence-electron chi connectivity index (χ1n) is 3.04. The molecule has 0 saturated carbocycles. The Labute approximate surface area is 54.5 Å². The summed E-state index contributed by atoms with van der Waals surface area (Å²) in [6.07, 6.45) is 2.32. The SMILES string of the molecule is CC1CN(C)[S+](C)C1. The number of hydrogen-bond acceptors (Lipinski definition) is 1. The van der Waals surface area contributed by atoms with Crippen LogP contribution in [-0.2, 0) is 11.1 Å². The van der Waals surface area contributed by atoms with Crippen LogP contribution in [0.4, 0.5) is 0 Å². The smallest absolute Gasteiger partial charge is 0.129 e. The quantitative estimate of drug-likeness (QED) is 0.439. The standard InChI is InChI=1S/C6H14NS/c1-6-4-7(2)8(3)5-6/h6H,4-5H2,1-3H3/q+1. The molecular weight excluding hydrogens is 118 g/mol. The van der Waals surface area contributed by atoms with Gasteiger partial charge in [0.2, 0.25) is 0 Å². The molecule has 1 fully saturated rings. The highest BCUT2D eigenvalue weighted by Crippen LogP contribution is 2.15. The van der Waals surface area contributed by atoms with Crippen LogP contribution in [0.2, 0.25) is 0 Å². The van der Waals surface area contributed by atoms with Crippen LogP contribution in [0.15, 0.2) is 0 Å². The van der Waals surface area contributed by atoms with E-state index in [2.05, 4.69) is 24.5 Å². The summed E-state index contributed by atoms with van der Waals surface area (Å²) in [4.78, 5) is 0. The van der Waals surface area contributed by atoms with E-state index in [1.54, 1.807) is 0 Å². The Bertz CT molecular complexity index is 74.6. The summed E-state index contributed by atoms with van der Waals surface area (Å²) in [6, 6.07) is 0. The molecule has 48 valence electrons. The van der Waals surface area contributed by atoms with Crippen LogP contribution in [0.1, 0.15) is 6.92 Å². The van der Waals surface area contributed by atoms with Gasteiger partial charge in [0.15, 0.2) is 0 Å². The third-order valence-corrected chi connectivity index (χ3v) is 3.89. The Kier molecular flexibility index (Phi) is 1.83. The third-order valence-electron chi connectivity index (χ3n) is 1.63. The summed E-state index contributed by atoms with van der Waals surface area (Å²) >= 11 is 0.586. The van der Waals surface area contributed by atoms with E-state index >= 15 is 0 Å². The van der Waals surface area contributed by atoms with Gasteiger partial charge in [0.25, 0.3) is 0 Å². The van der Waals surface area contributed by atoms with Crippen LogP contribution in [0.25, 0.3) is 0 Å². The lowest BCUT2D eigenvalue weighted by molar-refractivity contribution is 0.508. The molecule has 1 aliphatic rings. The Morgan fingerprint density at radius 1 is 1.62 bits per heavy atom. The van der Waals surface area contributed by atoms with Gasteiger partial charge in [-0.1, -0.05) is 6.92 Å². The molecule has 0 bridgehead atoms. The fourth-order valence-corrected chi connectivity index (χ4v) is 2.85. The zero-order chi connectivity index (χ0) is 6.15. The minimum Gasteiger partial charge on any atom is -0.129 e. The van der Waals surface area contributed by atoms with Crippen molar-refractivity contribution < 1.29 is 0 Å². The second-order valence-electron chi connectivity index (χ2n) is 2.68. The molecule has 0 aromatic rings. The van der Waals surface area contributed by atoms with Crippen molar-refractivity contribution in [2.45, 2.75) is 6.92 Å². The van der Waals surface area contributed by atoms with Crippen LogP contribution in [0, 0.1) is 5.92 Å². The topological polar surface area (TPSA) is 3.24 Å². The van der Waals surface area contributed by atoms with Crippen molar-refractivity contribution in [3.63, 3.8) is 0 Å². The van der Waals surface area contributed by atoms with Gasteiger partial charge in [0, 0.05) is 13.0 Å². The lowest BCUT2D eigenvalue weighted by Gasteiger charge is -2.00. The van der Waals surface area contributed by atoms with Gasteiger partial charge in [0.05, 0.1) is 17.6 Å². The number of nitrogens with zero attached hydrogens (tertiary/aromatic N) is 1. The first-order chi connectivity index (χ1) is 3.70. The zero-order valence-electron chi connectivity index (χ0n) is 5.85. The minimum absolute atomic E-state index is 0.586. The highest BCUT2D eigenvalue weighted by atomic mass is 32.2. The largest absolute Gasteiger partial charge is 0.131 e. The Hall–Kier alpha value is 0.310. The van der Waals surface area contributed by atoms with E-state index in [4.69, 9.17) is 0 Å². The van der Waals surface area contributed by atoms with E-state index < -0.39 is 0 Å². The molecule has 1 aliphatic heterocycles. The Morgan fingerprint density at radius 3 is 2.38 bits per heavy atom. The second kappa shape index (κ2) is 2.28. The van der Waals surface area contributed by atoms with Gasteiger partial charge in [-0.15, -0.1) is 4.31 Å². The van der Waals surface area contributed by atoms with Gasteiger partial charge < -0.3 is 0 Å². The molecular formula is C6H14NS+. The molecule has 1 saturated heterocycles. The van der Waals surface area contributed by atoms with Crippen molar-refractivity contribution >= 4 is 11.1 Å². The van der Waals surface area contributed by atoms with E-state index in [9.17, 15) is 0 Å². The average molecular weight is 132 g/mol. The summed E-state index contributed by atoms with van der Waals surface area (Å²) in [7, 11) is 2.21. The van der Waals surface area contributed by atoms with Crippen molar-refractivity contribution in [1.29, 1.82) is 0 Å². The minimum atomic E-state index is 0.586. The van der Waals surface area contributed by atoms with Crippen molar-refractivity contribution in [1.82, 2.24) is 4.31 Å². The van der Waals surface area contributed by atoms with Crippen LogP contribution < -0.4 is 0 Å². The molecule has 0 N–H and O–H groups in total. The molecule has 8 heavy (non-hydrogen) atoms. The second-order valence-corrected chi connectivity index (χ2v) is 4.84. The summed E-state index contributed by atoms with van der Waals surface area (Å²) in [5.74, 6) is 2.35. The van der Waals surface area contributed by atoms with Crippen LogP contribution in [-0.4, -0.2) is 29.9 Å². The molecule has 2 unspecified atom stereocenters. The van der Waals surface area contributed by atoms with Crippen LogP contribution in [0.3, 0.4) is 0 Å². The molecule has 1 heterocycles. The highest BCUT2D eigenvalue weighted by Gasteiger charge is 2.31. The monoisotopic (exact) mass is 132 g/mol. The van der Waals surface area contributed by atoms with E-state index in [0.717, 1.165) is 5.92 Å². The molecule has 0 spiro atoms. The normalized spacial score (nSPS) is 40.9. The van der Waals surface area contributed by atoms with E-state index in [0.29, 0.717) is 11.1 Å². The van der Waals surface area contributed by atoms with Crippen molar-refractivity contribution in [2.75, 3.05) is 25.6 Å². The fraction of sp³-hybridized carbons (Fsp3) is 1.00. The summed E-state index contributed by atoms with van der Waals surface area (Å²) < 4.78 is 2.45. The molecule has 0 aromatic carbocycles. The number of rotatable bonds is 0. The maximum Gasteiger partial charge on any atom is 0.131 e. The molecule has 1 rings (SSSR count). The molecule has 2 heteroatoms. The highest BCUT2D eigenvalue weighted by molar-refractivity contribution is 7.94. The molecule has 2 atom stereocenters. The predicted molar refractivity (Wildman–Crippen MR) is 40.0 cm³/mol. The summed E-state index contributed by atoms with van der Waals surface area (Å²) in [6.45, 7) is 3.63. The molecule has 0 aromatic heterocycles. The van der Waals surface area contributed by atoms with Crippen LogP contribution >= 0.6 is 0 Å². The van der Waals surface area contributed by atoms with Gasteiger partial charge in [-0.2, -0.15) is 0 Å². The zero-order valence-corrected chi connectivity index (χ0v) is 6.66. The van der Waals surface area contributed by atoms with Crippen molar-refractivity contribution in [3.05, 3.63) is 0 Å². The van der Waals surface area contributed by atoms with Crippen molar-refractivity contribution in [2.24, 2.45) is 5.92 Å². The average Bonchev–Trinajstić information content (AvgIpc) is 1.85. The van der Waals surface area contributed by atoms with Gasteiger partial charge >= 0.3 is 0 Å². The van der Waals surface area contributed by atoms with E-state index in [1.165, 1.54) is 12.3 Å². The summed E-state index contributed by atoms with van der Waals surface area (Å²) in [5.41, 5.74) is 0.